The van der Waals surface area contributed by atoms with E-state index in [2.05, 4.69) is 5.32 Å². The largest absolute Gasteiger partial charge is 0.478 e. The van der Waals surface area contributed by atoms with Crippen LogP contribution >= 0.6 is 0 Å². The van der Waals surface area contributed by atoms with Gasteiger partial charge in [0, 0.05) is 6.08 Å². The lowest BCUT2D eigenvalue weighted by Gasteiger charge is -2.09. The van der Waals surface area contributed by atoms with Crippen LogP contribution < -0.4 is 5.32 Å². The van der Waals surface area contributed by atoms with Crippen molar-refractivity contribution in [2.75, 3.05) is 5.32 Å². The minimum absolute atomic E-state index is 0.0590. The van der Waals surface area contributed by atoms with E-state index in [-0.39, 0.29) is 16.8 Å². The molecule has 0 saturated heterocycles. The molecule has 124 valence electrons. The molecule has 0 saturated carbocycles. The first-order valence-corrected chi connectivity index (χ1v) is 6.76. The van der Waals surface area contributed by atoms with Crippen LogP contribution in [-0.4, -0.2) is 17.0 Å². The first-order chi connectivity index (χ1) is 11.3. The maximum absolute atomic E-state index is 12.9. The highest BCUT2D eigenvalue weighted by atomic mass is 19.4. The average molecular weight is 335 g/mol. The van der Waals surface area contributed by atoms with Gasteiger partial charge in [-0.1, -0.05) is 30.3 Å². The highest BCUT2D eigenvalue weighted by Crippen LogP contribution is 2.32. The van der Waals surface area contributed by atoms with Gasteiger partial charge in [-0.2, -0.15) is 13.2 Å². The SMILES string of the molecule is O=C(C=Cc1ccccc1C(F)(F)F)Nc1ccccc1C(=O)O. The van der Waals surface area contributed by atoms with Crippen LogP contribution in [0.3, 0.4) is 0 Å². The van der Waals surface area contributed by atoms with Gasteiger partial charge in [-0.15, -0.1) is 0 Å². The minimum Gasteiger partial charge on any atom is -0.478 e. The molecule has 2 aromatic carbocycles. The Kier molecular flexibility index (Phi) is 5.03. The second kappa shape index (κ2) is 6.99. The van der Waals surface area contributed by atoms with Crippen molar-refractivity contribution >= 4 is 23.6 Å². The number of carbonyl (C=O) groups excluding carboxylic acids is 1. The van der Waals surface area contributed by atoms with Gasteiger partial charge in [0.1, 0.15) is 0 Å². The number of amides is 1. The first-order valence-electron chi connectivity index (χ1n) is 6.76. The van der Waals surface area contributed by atoms with Gasteiger partial charge in [0.15, 0.2) is 0 Å². The topological polar surface area (TPSA) is 66.4 Å². The Labute approximate surface area is 135 Å². The van der Waals surface area contributed by atoms with Crippen LogP contribution in [0.15, 0.2) is 54.6 Å². The molecule has 0 aromatic heterocycles. The van der Waals surface area contributed by atoms with Gasteiger partial charge >= 0.3 is 12.1 Å². The third-order valence-electron chi connectivity index (χ3n) is 3.10. The summed E-state index contributed by atoms with van der Waals surface area (Å²) >= 11 is 0. The predicted molar refractivity (Wildman–Crippen MR) is 82.5 cm³/mol. The number of hydrogen-bond acceptors (Lipinski definition) is 2. The number of aromatic carboxylic acids is 1. The molecule has 0 fully saturated rings. The standard InChI is InChI=1S/C17H12F3NO3/c18-17(19,20)13-7-3-1-5-11(13)9-10-15(22)21-14-8-4-2-6-12(14)16(23)24/h1-10H,(H,21,22)(H,23,24). The number of nitrogens with one attached hydrogen (secondary N) is 1. The Bertz CT molecular complexity index is 798. The molecule has 2 aromatic rings. The molecule has 0 radical (unpaired) electrons. The fourth-order valence-corrected chi connectivity index (χ4v) is 2.02. The summed E-state index contributed by atoms with van der Waals surface area (Å²) in [7, 11) is 0. The minimum atomic E-state index is -4.53. The molecule has 24 heavy (non-hydrogen) atoms. The summed E-state index contributed by atoms with van der Waals surface area (Å²) in [6.07, 6.45) is -2.59. The molecule has 1 amide bonds. The number of halogens is 3. The van der Waals surface area contributed by atoms with Crippen LogP contribution in [0.1, 0.15) is 21.5 Å². The number of anilines is 1. The second-order valence-electron chi connectivity index (χ2n) is 4.76. The molecule has 2 rings (SSSR count). The number of hydrogen-bond donors (Lipinski definition) is 2. The highest BCUT2D eigenvalue weighted by molar-refractivity contribution is 6.06. The average Bonchev–Trinajstić information content (AvgIpc) is 2.52. The van der Waals surface area contributed by atoms with E-state index in [4.69, 9.17) is 5.11 Å². The second-order valence-corrected chi connectivity index (χ2v) is 4.76. The number of alkyl halides is 3. The molecular formula is C17H12F3NO3. The molecule has 0 unspecified atom stereocenters. The quantitative estimate of drug-likeness (QED) is 0.828. The van der Waals surface area contributed by atoms with E-state index in [1.54, 1.807) is 0 Å². The normalized spacial score (nSPS) is 11.5. The van der Waals surface area contributed by atoms with Crippen LogP contribution in [0.2, 0.25) is 0 Å². The molecular weight excluding hydrogens is 323 g/mol. The fraction of sp³-hybridized carbons (Fsp3) is 0.0588. The van der Waals surface area contributed by atoms with Crippen LogP contribution in [-0.2, 0) is 11.0 Å². The van der Waals surface area contributed by atoms with Crippen LogP contribution in [0.5, 0.6) is 0 Å². The molecule has 0 atom stereocenters. The van der Waals surface area contributed by atoms with E-state index in [9.17, 15) is 22.8 Å². The van der Waals surface area contributed by atoms with E-state index in [0.29, 0.717) is 0 Å². The van der Waals surface area contributed by atoms with Gasteiger partial charge < -0.3 is 10.4 Å². The smallest absolute Gasteiger partial charge is 0.416 e. The number of benzene rings is 2. The Hall–Kier alpha value is -3.09. The van der Waals surface area contributed by atoms with Crippen molar-refractivity contribution < 1.29 is 27.9 Å². The van der Waals surface area contributed by atoms with Gasteiger partial charge in [0.2, 0.25) is 5.91 Å². The third-order valence-corrected chi connectivity index (χ3v) is 3.10. The van der Waals surface area contributed by atoms with Crippen LogP contribution in [0.25, 0.3) is 6.08 Å². The number of carboxylic acids is 1. The summed E-state index contributed by atoms with van der Waals surface area (Å²) in [4.78, 5) is 22.9. The zero-order valence-corrected chi connectivity index (χ0v) is 12.2. The summed E-state index contributed by atoms with van der Waals surface area (Å²) in [5.41, 5.74) is -1.08. The van der Waals surface area contributed by atoms with Gasteiger partial charge in [-0.25, -0.2) is 4.79 Å². The van der Waals surface area contributed by atoms with E-state index in [0.717, 1.165) is 18.2 Å². The van der Waals surface area contributed by atoms with Gasteiger partial charge in [-0.05, 0) is 29.8 Å². The predicted octanol–water partition coefficient (Wildman–Crippen LogP) is 4.06. The van der Waals surface area contributed by atoms with E-state index < -0.39 is 23.6 Å². The van der Waals surface area contributed by atoms with Crippen molar-refractivity contribution in [1.29, 1.82) is 0 Å². The third kappa shape index (κ3) is 4.22. The molecule has 2 N–H and O–H groups in total. The van der Waals surface area contributed by atoms with E-state index >= 15 is 0 Å². The van der Waals surface area contributed by atoms with Crippen molar-refractivity contribution in [2.45, 2.75) is 6.18 Å². The lowest BCUT2D eigenvalue weighted by molar-refractivity contribution is -0.137. The first kappa shape index (κ1) is 17.3. The summed E-state index contributed by atoms with van der Waals surface area (Å²) < 4.78 is 38.6. The number of carboxylic acid groups (broad SMARTS) is 1. The summed E-state index contributed by atoms with van der Waals surface area (Å²) in [6, 6.07) is 10.5. The molecule has 0 aliphatic heterocycles. The lowest BCUT2D eigenvalue weighted by Crippen LogP contribution is -2.12. The number of para-hydroxylation sites is 1. The van der Waals surface area contributed by atoms with Crippen LogP contribution in [0.4, 0.5) is 18.9 Å². The highest BCUT2D eigenvalue weighted by Gasteiger charge is 2.32. The Morgan fingerprint density at radius 2 is 1.62 bits per heavy atom. The maximum atomic E-state index is 12.9. The number of rotatable bonds is 4. The van der Waals surface area contributed by atoms with Crippen molar-refractivity contribution in [2.24, 2.45) is 0 Å². The fourth-order valence-electron chi connectivity index (χ4n) is 2.02. The molecule has 0 aliphatic rings. The Balaban J connectivity index is 2.20. The molecule has 0 aliphatic carbocycles. The molecule has 0 bridgehead atoms. The summed E-state index contributed by atoms with van der Waals surface area (Å²) in [6.45, 7) is 0. The zero-order chi connectivity index (χ0) is 17.7. The summed E-state index contributed by atoms with van der Waals surface area (Å²) in [5, 5.41) is 11.4. The van der Waals surface area contributed by atoms with E-state index in [1.165, 1.54) is 42.5 Å². The van der Waals surface area contributed by atoms with Gasteiger partial charge in [0.25, 0.3) is 0 Å². The van der Waals surface area contributed by atoms with Gasteiger partial charge in [0.05, 0.1) is 16.8 Å². The van der Waals surface area contributed by atoms with Crippen molar-refractivity contribution in [3.05, 3.63) is 71.3 Å². The maximum Gasteiger partial charge on any atom is 0.416 e. The molecule has 7 heteroatoms. The number of carbonyl (C=O) groups is 2. The van der Waals surface area contributed by atoms with Crippen molar-refractivity contribution in [1.82, 2.24) is 0 Å². The molecule has 0 spiro atoms. The summed E-state index contributed by atoms with van der Waals surface area (Å²) in [5.74, 6) is -1.96. The lowest BCUT2D eigenvalue weighted by atomic mass is 10.1. The zero-order valence-electron chi connectivity index (χ0n) is 12.2. The van der Waals surface area contributed by atoms with E-state index in [1.807, 2.05) is 0 Å². The molecule has 0 heterocycles. The Morgan fingerprint density at radius 1 is 1.00 bits per heavy atom. The van der Waals surface area contributed by atoms with Crippen LogP contribution in [0, 0.1) is 0 Å². The molecule has 4 nitrogen and oxygen atoms in total. The van der Waals surface area contributed by atoms with Crippen molar-refractivity contribution in [3.8, 4) is 0 Å². The van der Waals surface area contributed by atoms with Gasteiger partial charge in [-0.3, -0.25) is 4.79 Å². The van der Waals surface area contributed by atoms with Crippen molar-refractivity contribution in [3.63, 3.8) is 0 Å². The monoisotopic (exact) mass is 335 g/mol. The Morgan fingerprint density at radius 3 is 2.29 bits per heavy atom.